The van der Waals surface area contributed by atoms with Crippen molar-refractivity contribution in [1.29, 1.82) is 0 Å². The van der Waals surface area contributed by atoms with Crippen LogP contribution in [-0.4, -0.2) is 41.0 Å². The van der Waals surface area contributed by atoms with Crippen LogP contribution < -0.4 is 14.8 Å². The second-order valence-electron chi connectivity index (χ2n) is 7.82. The minimum atomic E-state index is -0.838. The maximum atomic E-state index is 13.2. The van der Waals surface area contributed by atoms with E-state index in [1.165, 1.54) is 11.2 Å². The zero-order valence-electron chi connectivity index (χ0n) is 16.6. The molecule has 7 heteroatoms. The molecule has 0 radical (unpaired) electrons. The molecule has 2 aromatic rings. The van der Waals surface area contributed by atoms with Gasteiger partial charge < -0.3 is 24.1 Å². The first-order valence-electron chi connectivity index (χ1n) is 9.28. The summed E-state index contributed by atoms with van der Waals surface area (Å²) in [7, 11) is 0. The van der Waals surface area contributed by atoms with Crippen molar-refractivity contribution < 1.29 is 23.5 Å². The molecule has 7 nitrogen and oxygen atoms in total. The zero-order valence-corrected chi connectivity index (χ0v) is 16.6. The molecule has 0 unspecified atom stereocenters. The minimum Gasteiger partial charge on any atom is -0.485 e. The van der Waals surface area contributed by atoms with Gasteiger partial charge >= 0.3 is 0 Å². The van der Waals surface area contributed by atoms with Crippen molar-refractivity contribution in [1.82, 2.24) is 10.2 Å². The maximum Gasteiger partial charge on any atom is 0.268 e. The van der Waals surface area contributed by atoms with Gasteiger partial charge in [-0.05, 0) is 52.0 Å². The van der Waals surface area contributed by atoms with Gasteiger partial charge in [0.15, 0.2) is 11.5 Å². The number of amides is 2. The predicted octanol–water partition coefficient (Wildman–Crippen LogP) is 2.75. The third-order valence-electron chi connectivity index (χ3n) is 4.32. The van der Waals surface area contributed by atoms with Gasteiger partial charge in [-0.25, -0.2) is 0 Å². The monoisotopic (exact) mass is 386 g/mol. The van der Waals surface area contributed by atoms with E-state index in [0.717, 1.165) is 0 Å². The van der Waals surface area contributed by atoms with Crippen molar-refractivity contribution in [2.75, 3.05) is 6.61 Å². The van der Waals surface area contributed by atoms with Crippen molar-refractivity contribution in [3.8, 4) is 11.5 Å². The fourth-order valence-electron chi connectivity index (χ4n) is 2.92. The Bertz CT molecular complexity index is 826. The Morgan fingerprint density at radius 1 is 1.18 bits per heavy atom. The molecule has 3 rings (SSSR count). The molecule has 1 N–H and O–H groups in total. The number of benzene rings is 1. The Labute approximate surface area is 164 Å². The Kier molecular flexibility index (Phi) is 5.63. The lowest BCUT2D eigenvalue weighted by Crippen LogP contribution is -2.55. The van der Waals surface area contributed by atoms with Gasteiger partial charge in [0.25, 0.3) is 5.91 Å². The van der Waals surface area contributed by atoms with E-state index in [9.17, 15) is 9.59 Å². The van der Waals surface area contributed by atoms with Crippen LogP contribution in [0.1, 0.15) is 33.5 Å². The lowest BCUT2D eigenvalue weighted by molar-refractivity contribution is -0.149. The summed E-state index contributed by atoms with van der Waals surface area (Å²) < 4.78 is 16.9. The lowest BCUT2D eigenvalue weighted by Gasteiger charge is -2.34. The number of rotatable bonds is 5. The molecule has 28 heavy (non-hydrogen) atoms. The lowest BCUT2D eigenvalue weighted by atomic mass is 10.1. The van der Waals surface area contributed by atoms with Crippen LogP contribution in [0.5, 0.6) is 11.5 Å². The number of carbonyl (C=O) groups is 2. The largest absolute Gasteiger partial charge is 0.485 e. The number of ether oxygens (including phenoxy) is 2. The second-order valence-corrected chi connectivity index (χ2v) is 7.82. The highest BCUT2D eigenvalue weighted by Crippen LogP contribution is 2.31. The van der Waals surface area contributed by atoms with E-state index in [0.29, 0.717) is 17.3 Å². The molecule has 1 aliphatic rings. The SMILES string of the molecule is C[C@@H](C(=O)NC(C)(C)C)N(Cc1ccco1)C(=O)[C@H]1COc2ccccc2O1. The third-order valence-corrected chi connectivity index (χ3v) is 4.32. The molecule has 2 atom stereocenters. The highest BCUT2D eigenvalue weighted by molar-refractivity contribution is 5.89. The number of fused-ring (bicyclic) bond motifs is 1. The topological polar surface area (TPSA) is 81.0 Å². The van der Waals surface area contributed by atoms with Gasteiger partial charge in [0.05, 0.1) is 12.8 Å². The van der Waals surface area contributed by atoms with E-state index in [1.54, 1.807) is 31.2 Å². The first-order valence-corrected chi connectivity index (χ1v) is 9.28. The zero-order chi connectivity index (χ0) is 20.3. The van der Waals surface area contributed by atoms with E-state index in [-0.39, 0.29) is 25.0 Å². The maximum absolute atomic E-state index is 13.2. The highest BCUT2D eigenvalue weighted by atomic mass is 16.6. The van der Waals surface area contributed by atoms with Crippen molar-refractivity contribution in [2.24, 2.45) is 0 Å². The Hall–Kier alpha value is -2.96. The van der Waals surface area contributed by atoms with E-state index in [4.69, 9.17) is 13.9 Å². The Morgan fingerprint density at radius 2 is 1.89 bits per heavy atom. The molecule has 2 amide bonds. The molecule has 0 fully saturated rings. The minimum absolute atomic E-state index is 0.0815. The molecule has 0 saturated heterocycles. The summed E-state index contributed by atoms with van der Waals surface area (Å²) in [6, 6.07) is 9.99. The fourth-order valence-corrected chi connectivity index (χ4v) is 2.92. The van der Waals surface area contributed by atoms with Gasteiger partial charge in [-0.15, -0.1) is 0 Å². The van der Waals surface area contributed by atoms with Crippen molar-refractivity contribution >= 4 is 11.8 Å². The molecule has 1 aromatic heterocycles. The number of hydrogen-bond donors (Lipinski definition) is 1. The third kappa shape index (κ3) is 4.65. The summed E-state index contributed by atoms with van der Waals surface area (Å²) in [5.41, 5.74) is -0.409. The quantitative estimate of drug-likeness (QED) is 0.855. The summed E-state index contributed by atoms with van der Waals surface area (Å²) in [6.07, 6.45) is 0.698. The smallest absolute Gasteiger partial charge is 0.268 e. The van der Waals surface area contributed by atoms with E-state index in [2.05, 4.69) is 5.32 Å². The molecule has 1 aromatic carbocycles. The van der Waals surface area contributed by atoms with Crippen LogP contribution >= 0.6 is 0 Å². The first-order chi connectivity index (χ1) is 13.2. The van der Waals surface area contributed by atoms with Crippen LogP contribution in [0.15, 0.2) is 47.1 Å². The van der Waals surface area contributed by atoms with Gasteiger partial charge in [-0.3, -0.25) is 9.59 Å². The van der Waals surface area contributed by atoms with E-state index >= 15 is 0 Å². The molecule has 0 spiro atoms. The van der Waals surface area contributed by atoms with Crippen molar-refractivity contribution in [3.63, 3.8) is 0 Å². The molecule has 0 aliphatic carbocycles. The number of hydrogen-bond acceptors (Lipinski definition) is 5. The fraction of sp³-hybridized carbons (Fsp3) is 0.429. The van der Waals surface area contributed by atoms with Crippen LogP contribution in [0.3, 0.4) is 0 Å². The number of carbonyl (C=O) groups excluding carboxylic acids is 2. The standard InChI is InChI=1S/C21H26N2O5/c1-14(19(24)22-21(2,3)4)23(12-15-8-7-11-26-15)20(25)18-13-27-16-9-5-6-10-17(16)28-18/h5-11,14,18H,12-13H2,1-4H3,(H,22,24)/t14-,18+/m0/s1. The molecule has 1 aliphatic heterocycles. The average molecular weight is 386 g/mol. The van der Waals surface area contributed by atoms with Crippen molar-refractivity contribution in [3.05, 3.63) is 48.4 Å². The summed E-state index contributed by atoms with van der Waals surface area (Å²) in [5.74, 6) is 1.12. The van der Waals surface area contributed by atoms with Crippen LogP contribution in [0.2, 0.25) is 0 Å². The van der Waals surface area contributed by atoms with Crippen LogP contribution in [0, 0.1) is 0 Å². The van der Waals surface area contributed by atoms with Gasteiger partial charge in [0.2, 0.25) is 12.0 Å². The normalized spacial score (nSPS) is 16.9. The number of para-hydroxylation sites is 2. The Balaban J connectivity index is 1.80. The first kappa shape index (κ1) is 19.8. The molecular weight excluding hydrogens is 360 g/mol. The average Bonchev–Trinajstić information content (AvgIpc) is 3.16. The molecular formula is C21H26N2O5. The Morgan fingerprint density at radius 3 is 2.54 bits per heavy atom. The molecule has 0 saturated carbocycles. The molecule has 0 bridgehead atoms. The van der Waals surface area contributed by atoms with Crippen LogP contribution in [-0.2, 0) is 16.1 Å². The molecule has 2 heterocycles. The van der Waals surface area contributed by atoms with E-state index in [1.807, 2.05) is 32.9 Å². The van der Waals surface area contributed by atoms with Crippen LogP contribution in [0.4, 0.5) is 0 Å². The second kappa shape index (κ2) is 7.96. The van der Waals surface area contributed by atoms with Crippen LogP contribution in [0.25, 0.3) is 0 Å². The number of nitrogens with one attached hydrogen (secondary N) is 1. The van der Waals surface area contributed by atoms with Gasteiger partial charge in [-0.2, -0.15) is 0 Å². The number of nitrogens with zero attached hydrogens (tertiary/aromatic N) is 1. The summed E-state index contributed by atoms with van der Waals surface area (Å²) in [4.78, 5) is 27.4. The van der Waals surface area contributed by atoms with Gasteiger partial charge in [0, 0.05) is 5.54 Å². The number of furan rings is 1. The van der Waals surface area contributed by atoms with Gasteiger partial charge in [-0.1, -0.05) is 12.1 Å². The van der Waals surface area contributed by atoms with Gasteiger partial charge in [0.1, 0.15) is 18.4 Å². The predicted molar refractivity (Wildman–Crippen MR) is 103 cm³/mol. The summed E-state index contributed by atoms with van der Waals surface area (Å²) >= 11 is 0. The molecule has 150 valence electrons. The summed E-state index contributed by atoms with van der Waals surface area (Å²) in [5, 5.41) is 2.92. The van der Waals surface area contributed by atoms with Crippen molar-refractivity contribution in [2.45, 2.75) is 51.9 Å². The van der Waals surface area contributed by atoms with E-state index < -0.39 is 17.7 Å². The highest BCUT2D eigenvalue weighted by Gasteiger charge is 2.36. The summed E-state index contributed by atoms with van der Waals surface area (Å²) in [6.45, 7) is 7.62.